The second kappa shape index (κ2) is 7.23. The van der Waals surface area contributed by atoms with Crippen molar-refractivity contribution in [3.63, 3.8) is 0 Å². The maximum absolute atomic E-state index is 6.37. The summed E-state index contributed by atoms with van der Waals surface area (Å²) in [5.41, 5.74) is 3.09. The molecule has 0 heterocycles. The first-order chi connectivity index (χ1) is 9.93. The molecule has 0 aliphatic carbocycles. The Morgan fingerprint density at radius 3 is 2.38 bits per heavy atom. The molecule has 1 atom stereocenters. The summed E-state index contributed by atoms with van der Waals surface area (Å²) in [7, 11) is 0. The lowest BCUT2D eigenvalue weighted by Crippen LogP contribution is -1.99. The fraction of sp³-hybridized carbons (Fsp3) is 0.250. The van der Waals surface area contributed by atoms with Crippen molar-refractivity contribution in [1.82, 2.24) is 0 Å². The zero-order chi connectivity index (χ0) is 15.6. The number of hydrogen-bond acceptors (Lipinski definition) is 1. The first kappa shape index (κ1) is 17.0. The van der Waals surface area contributed by atoms with E-state index in [0.717, 1.165) is 16.7 Å². The van der Waals surface area contributed by atoms with E-state index in [4.69, 9.17) is 39.5 Å². The second-order valence-electron chi connectivity index (χ2n) is 4.60. The van der Waals surface area contributed by atoms with Crippen molar-refractivity contribution in [1.29, 1.82) is 0 Å². The van der Waals surface area contributed by atoms with Gasteiger partial charge in [0.05, 0.1) is 16.5 Å². The average molecular weight is 409 g/mol. The van der Waals surface area contributed by atoms with Gasteiger partial charge in [0.15, 0.2) is 0 Å². The van der Waals surface area contributed by atoms with Crippen LogP contribution < -0.4 is 4.74 Å². The van der Waals surface area contributed by atoms with Crippen LogP contribution in [0.2, 0.25) is 15.1 Å². The van der Waals surface area contributed by atoms with E-state index in [2.05, 4.69) is 15.9 Å². The molecule has 0 fully saturated rings. The van der Waals surface area contributed by atoms with Crippen LogP contribution in [0, 0.1) is 6.92 Å². The molecule has 0 saturated heterocycles. The molecule has 0 saturated carbocycles. The molecular formula is C16H14BrCl3O. The molecule has 0 radical (unpaired) electrons. The van der Waals surface area contributed by atoms with Crippen molar-refractivity contribution in [2.24, 2.45) is 0 Å². The van der Waals surface area contributed by atoms with Crippen LogP contribution in [0.1, 0.15) is 28.4 Å². The van der Waals surface area contributed by atoms with E-state index in [0.29, 0.717) is 27.4 Å². The molecule has 112 valence electrons. The van der Waals surface area contributed by atoms with Crippen LogP contribution in [-0.4, -0.2) is 6.61 Å². The Morgan fingerprint density at radius 1 is 1.05 bits per heavy atom. The molecule has 0 aromatic heterocycles. The maximum Gasteiger partial charge on any atom is 0.139 e. The Morgan fingerprint density at radius 2 is 1.76 bits per heavy atom. The van der Waals surface area contributed by atoms with Gasteiger partial charge in [-0.2, -0.15) is 0 Å². The molecule has 1 unspecified atom stereocenters. The maximum atomic E-state index is 6.37. The Kier molecular flexibility index (Phi) is 5.84. The lowest BCUT2D eigenvalue weighted by atomic mass is 10.0. The highest BCUT2D eigenvalue weighted by Crippen LogP contribution is 2.41. The van der Waals surface area contributed by atoms with Gasteiger partial charge in [-0.15, -0.1) is 0 Å². The van der Waals surface area contributed by atoms with Crippen LogP contribution >= 0.6 is 50.7 Å². The van der Waals surface area contributed by atoms with Crippen LogP contribution in [0.4, 0.5) is 0 Å². The van der Waals surface area contributed by atoms with Crippen molar-refractivity contribution in [3.8, 4) is 5.75 Å². The highest BCUT2D eigenvalue weighted by atomic mass is 79.9. The molecule has 0 bridgehead atoms. The fourth-order valence-electron chi connectivity index (χ4n) is 2.10. The highest BCUT2D eigenvalue weighted by molar-refractivity contribution is 9.09. The molecule has 5 heteroatoms. The Balaban J connectivity index is 2.43. The van der Waals surface area contributed by atoms with Gasteiger partial charge in [0, 0.05) is 16.1 Å². The monoisotopic (exact) mass is 406 g/mol. The van der Waals surface area contributed by atoms with E-state index < -0.39 is 0 Å². The Hall–Kier alpha value is -0.410. The third-order valence-corrected chi connectivity index (χ3v) is 4.97. The third kappa shape index (κ3) is 3.87. The quantitative estimate of drug-likeness (QED) is 0.503. The normalized spacial score (nSPS) is 12.3. The number of benzene rings is 2. The summed E-state index contributed by atoms with van der Waals surface area (Å²) in [5.74, 6) is 0.598. The summed E-state index contributed by atoms with van der Waals surface area (Å²) in [4.78, 5) is -0.0598. The highest BCUT2D eigenvalue weighted by Gasteiger charge is 2.18. The van der Waals surface area contributed by atoms with Crippen molar-refractivity contribution in [3.05, 3.63) is 62.1 Å². The lowest BCUT2D eigenvalue weighted by molar-refractivity contribution is 0.340. The molecule has 0 amide bonds. The fourth-order valence-corrected chi connectivity index (χ4v) is 3.84. The molecular weight excluding hydrogens is 394 g/mol. The molecule has 2 rings (SSSR count). The van der Waals surface area contributed by atoms with Crippen LogP contribution in [0.3, 0.4) is 0 Å². The van der Waals surface area contributed by atoms with Gasteiger partial charge in [-0.05, 0) is 48.7 Å². The number of halogens is 4. The van der Waals surface area contributed by atoms with Gasteiger partial charge in [0.1, 0.15) is 5.75 Å². The van der Waals surface area contributed by atoms with E-state index in [1.54, 1.807) is 6.07 Å². The van der Waals surface area contributed by atoms with Crippen molar-refractivity contribution >= 4 is 50.7 Å². The molecule has 0 aliphatic rings. The standard InChI is InChI=1S/C16H14BrCl3O/c1-3-21-15-8-13(19)12(7-14(15)20)16(17)11-5-4-10(18)6-9(11)2/h4-8,16H,3H2,1-2H3. The Labute approximate surface area is 148 Å². The number of hydrogen-bond donors (Lipinski definition) is 0. The van der Waals surface area contributed by atoms with Crippen LogP contribution in [-0.2, 0) is 0 Å². The number of alkyl halides is 1. The summed E-state index contributed by atoms with van der Waals surface area (Å²) < 4.78 is 5.45. The predicted molar refractivity (Wildman–Crippen MR) is 94.6 cm³/mol. The summed E-state index contributed by atoms with van der Waals surface area (Å²) in [5, 5.41) is 1.87. The van der Waals surface area contributed by atoms with Gasteiger partial charge in [-0.3, -0.25) is 0 Å². The Bertz CT molecular complexity index is 658. The second-order valence-corrected chi connectivity index (χ2v) is 6.77. The van der Waals surface area contributed by atoms with E-state index in [9.17, 15) is 0 Å². The average Bonchev–Trinajstić information content (AvgIpc) is 2.42. The largest absolute Gasteiger partial charge is 0.492 e. The minimum atomic E-state index is -0.0598. The zero-order valence-corrected chi connectivity index (χ0v) is 15.4. The number of rotatable bonds is 4. The van der Waals surface area contributed by atoms with Gasteiger partial charge in [-0.1, -0.05) is 56.8 Å². The lowest BCUT2D eigenvalue weighted by Gasteiger charge is -2.17. The molecule has 0 spiro atoms. The molecule has 1 nitrogen and oxygen atoms in total. The van der Waals surface area contributed by atoms with E-state index in [-0.39, 0.29) is 4.83 Å². The van der Waals surface area contributed by atoms with Gasteiger partial charge >= 0.3 is 0 Å². The predicted octanol–water partition coefficient (Wildman–Crippen LogP) is 6.84. The van der Waals surface area contributed by atoms with Crippen LogP contribution in [0.25, 0.3) is 0 Å². The topological polar surface area (TPSA) is 9.23 Å². The minimum absolute atomic E-state index is 0.0598. The summed E-state index contributed by atoms with van der Waals surface area (Å²) in [6.07, 6.45) is 0. The van der Waals surface area contributed by atoms with Crippen molar-refractivity contribution in [2.45, 2.75) is 18.7 Å². The molecule has 0 aliphatic heterocycles. The summed E-state index contributed by atoms with van der Waals surface area (Å²) in [6.45, 7) is 4.46. The van der Waals surface area contributed by atoms with Gasteiger partial charge in [0.25, 0.3) is 0 Å². The summed E-state index contributed by atoms with van der Waals surface area (Å²) >= 11 is 22.3. The molecule has 2 aromatic carbocycles. The first-order valence-corrected chi connectivity index (χ1v) is 8.50. The molecule has 2 aromatic rings. The minimum Gasteiger partial charge on any atom is -0.492 e. The van der Waals surface area contributed by atoms with Gasteiger partial charge in [0.2, 0.25) is 0 Å². The van der Waals surface area contributed by atoms with E-state index >= 15 is 0 Å². The van der Waals surface area contributed by atoms with Gasteiger partial charge in [-0.25, -0.2) is 0 Å². The smallest absolute Gasteiger partial charge is 0.139 e. The van der Waals surface area contributed by atoms with Crippen molar-refractivity contribution in [2.75, 3.05) is 6.61 Å². The zero-order valence-electron chi connectivity index (χ0n) is 11.6. The molecule has 0 N–H and O–H groups in total. The van der Waals surface area contributed by atoms with Gasteiger partial charge < -0.3 is 4.74 Å². The number of aryl methyl sites for hydroxylation is 1. The van der Waals surface area contributed by atoms with Crippen LogP contribution in [0.5, 0.6) is 5.75 Å². The number of ether oxygens (including phenoxy) is 1. The van der Waals surface area contributed by atoms with E-state index in [1.807, 2.05) is 38.1 Å². The van der Waals surface area contributed by atoms with E-state index in [1.165, 1.54) is 0 Å². The first-order valence-electron chi connectivity index (χ1n) is 6.46. The molecule has 21 heavy (non-hydrogen) atoms. The SMILES string of the molecule is CCOc1cc(Cl)c(C(Br)c2ccc(Cl)cc2C)cc1Cl. The van der Waals surface area contributed by atoms with Crippen LogP contribution in [0.15, 0.2) is 30.3 Å². The summed E-state index contributed by atoms with van der Waals surface area (Å²) in [6, 6.07) is 9.36. The van der Waals surface area contributed by atoms with Crippen molar-refractivity contribution < 1.29 is 4.74 Å². The third-order valence-electron chi connectivity index (χ3n) is 3.13.